The van der Waals surface area contributed by atoms with Crippen molar-refractivity contribution in [2.45, 2.75) is 17.6 Å². The first kappa shape index (κ1) is 23.1. The third-order valence-electron chi connectivity index (χ3n) is 5.82. The van der Waals surface area contributed by atoms with E-state index in [1.165, 1.54) is 33.7 Å². The summed E-state index contributed by atoms with van der Waals surface area (Å²) in [4.78, 5) is 28.5. The number of hydrogen-bond donors (Lipinski definition) is 0. The largest absolute Gasteiger partial charge is 0.416 e. The fourth-order valence-corrected chi connectivity index (χ4v) is 6.02. The van der Waals surface area contributed by atoms with Gasteiger partial charge in [-0.05, 0) is 42.0 Å². The molecular formula is C24H15Cl2F3N2O2S. The highest BCUT2D eigenvalue weighted by molar-refractivity contribution is 8.02. The quantitative estimate of drug-likeness (QED) is 0.394. The van der Waals surface area contributed by atoms with Gasteiger partial charge in [0.05, 0.1) is 33.6 Å². The molecule has 1 unspecified atom stereocenters. The van der Waals surface area contributed by atoms with Crippen LogP contribution in [-0.4, -0.2) is 17.6 Å². The van der Waals surface area contributed by atoms with Crippen molar-refractivity contribution < 1.29 is 22.8 Å². The maximum absolute atomic E-state index is 14.0. The molecule has 1 saturated heterocycles. The van der Waals surface area contributed by atoms with Gasteiger partial charge in [0.15, 0.2) is 0 Å². The van der Waals surface area contributed by atoms with E-state index in [0.29, 0.717) is 27.5 Å². The van der Waals surface area contributed by atoms with Crippen LogP contribution in [0, 0.1) is 0 Å². The van der Waals surface area contributed by atoms with Crippen molar-refractivity contribution in [1.82, 2.24) is 0 Å². The highest BCUT2D eigenvalue weighted by Crippen LogP contribution is 2.56. The molecule has 34 heavy (non-hydrogen) atoms. The maximum atomic E-state index is 14.0. The zero-order valence-corrected chi connectivity index (χ0v) is 19.6. The fraction of sp³-hybridized carbons (Fsp3) is 0.167. The van der Waals surface area contributed by atoms with Crippen molar-refractivity contribution in [3.8, 4) is 0 Å². The number of fused-ring (bicyclic) bond motifs is 2. The molecule has 0 bridgehead atoms. The van der Waals surface area contributed by atoms with Gasteiger partial charge in [0.2, 0.25) is 10.8 Å². The van der Waals surface area contributed by atoms with Gasteiger partial charge in [0, 0.05) is 11.3 Å². The summed E-state index contributed by atoms with van der Waals surface area (Å²) in [7, 11) is 0. The summed E-state index contributed by atoms with van der Waals surface area (Å²) in [6.45, 7) is -0.0779. The minimum atomic E-state index is -4.50. The number of hydrogen-bond acceptors (Lipinski definition) is 3. The van der Waals surface area contributed by atoms with E-state index < -0.39 is 22.5 Å². The molecule has 0 saturated carbocycles. The lowest BCUT2D eigenvalue weighted by atomic mass is 10.0. The molecule has 0 aromatic heterocycles. The Kier molecular flexibility index (Phi) is 5.58. The lowest BCUT2D eigenvalue weighted by molar-refractivity contribution is -0.137. The highest BCUT2D eigenvalue weighted by atomic mass is 35.5. The molecule has 2 aliphatic heterocycles. The molecule has 174 valence electrons. The molecule has 2 aliphatic rings. The number of amides is 2. The van der Waals surface area contributed by atoms with Crippen molar-refractivity contribution in [2.24, 2.45) is 0 Å². The zero-order valence-electron chi connectivity index (χ0n) is 17.3. The summed E-state index contributed by atoms with van der Waals surface area (Å²) in [6, 6.07) is 16.6. The number of halogens is 5. The average molecular weight is 523 g/mol. The van der Waals surface area contributed by atoms with Gasteiger partial charge in [-0.2, -0.15) is 13.2 Å². The molecule has 1 atom stereocenters. The van der Waals surface area contributed by atoms with E-state index in [1.54, 1.807) is 42.5 Å². The fourth-order valence-electron chi connectivity index (χ4n) is 4.37. The molecule has 3 aromatic carbocycles. The van der Waals surface area contributed by atoms with Gasteiger partial charge in [-0.25, -0.2) is 0 Å². The predicted octanol–water partition coefficient (Wildman–Crippen LogP) is 6.49. The van der Waals surface area contributed by atoms with Gasteiger partial charge in [-0.15, -0.1) is 11.8 Å². The molecule has 1 fully saturated rings. The van der Waals surface area contributed by atoms with Crippen LogP contribution in [-0.2, 0) is 27.2 Å². The first-order valence-electron chi connectivity index (χ1n) is 10.1. The van der Waals surface area contributed by atoms with Crippen LogP contribution in [0.4, 0.5) is 24.5 Å². The molecule has 0 aliphatic carbocycles. The third-order valence-corrected chi connectivity index (χ3v) is 7.95. The number of rotatable bonds is 3. The first-order chi connectivity index (χ1) is 16.1. The number of nitrogens with zero attached hydrogens (tertiary/aromatic N) is 2. The van der Waals surface area contributed by atoms with Crippen LogP contribution in [0.1, 0.15) is 16.7 Å². The van der Waals surface area contributed by atoms with Crippen molar-refractivity contribution in [3.05, 3.63) is 93.5 Å². The van der Waals surface area contributed by atoms with Crippen LogP contribution in [0.25, 0.3) is 0 Å². The third kappa shape index (κ3) is 3.56. The van der Waals surface area contributed by atoms with Crippen LogP contribution in [0.3, 0.4) is 0 Å². The first-order valence-corrected chi connectivity index (χ1v) is 11.9. The minimum absolute atomic E-state index is 0.0533. The molecule has 0 radical (unpaired) electrons. The highest BCUT2D eigenvalue weighted by Gasteiger charge is 2.61. The summed E-state index contributed by atoms with van der Waals surface area (Å²) < 4.78 is 39.7. The van der Waals surface area contributed by atoms with Crippen LogP contribution < -0.4 is 9.80 Å². The van der Waals surface area contributed by atoms with Crippen molar-refractivity contribution >= 4 is 58.2 Å². The van der Waals surface area contributed by atoms with Gasteiger partial charge >= 0.3 is 6.18 Å². The second kappa shape index (κ2) is 8.22. The number of benzene rings is 3. The second-order valence-corrected chi connectivity index (χ2v) is 9.85. The Morgan fingerprint density at radius 1 is 0.941 bits per heavy atom. The molecule has 5 rings (SSSR count). The van der Waals surface area contributed by atoms with E-state index in [1.807, 2.05) is 0 Å². The molecule has 3 aromatic rings. The molecule has 10 heteroatoms. The van der Waals surface area contributed by atoms with Crippen molar-refractivity contribution in [2.75, 3.05) is 15.6 Å². The smallest absolute Gasteiger partial charge is 0.304 e. The van der Waals surface area contributed by atoms with Gasteiger partial charge in [-0.1, -0.05) is 53.5 Å². The van der Waals surface area contributed by atoms with E-state index in [0.717, 1.165) is 12.1 Å². The van der Waals surface area contributed by atoms with Crippen molar-refractivity contribution in [1.29, 1.82) is 0 Å². The second-order valence-electron chi connectivity index (χ2n) is 7.87. The van der Waals surface area contributed by atoms with Crippen LogP contribution in [0.15, 0.2) is 66.7 Å². The summed E-state index contributed by atoms with van der Waals surface area (Å²) in [5.74, 6) is -0.641. The Hall–Kier alpha value is -2.68. The van der Waals surface area contributed by atoms with E-state index in [-0.39, 0.29) is 23.2 Å². The Morgan fingerprint density at radius 3 is 2.44 bits per heavy atom. The molecule has 2 amide bonds. The van der Waals surface area contributed by atoms with E-state index in [2.05, 4.69) is 0 Å². The Morgan fingerprint density at radius 2 is 1.71 bits per heavy atom. The lowest BCUT2D eigenvalue weighted by Gasteiger charge is -2.33. The predicted molar refractivity (Wildman–Crippen MR) is 127 cm³/mol. The number of thioether (sulfide) groups is 1. The lowest BCUT2D eigenvalue weighted by Crippen LogP contribution is -2.49. The normalized spacial score (nSPS) is 19.9. The molecule has 0 N–H and O–H groups in total. The van der Waals surface area contributed by atoms with Gasteiger partial charge in [0.25, 0.3) is 5.91 Å². The summed E-state index contributed by atoms with van der Waals surface area (Å²) in [5.41, 5.74) is 1.08. The van der Waals surface area contributed by atoms with Crippen molar-refractivity contribution in [3.63, 3.8) is 0 Å². The summed E-state index contributed by atoms with van der Waals surface area (Å²) in [6.07, 6.45) is -4.50. The monoisotopic (exact) mass is 522 g/mol. The number of anilines is 2. The Balaban J connectivity index is 1.61. The minimum Gasteiger partial charge on any atom is -0.304 e. The van der Waals surface area contributed by atoms with Crippen LogP contribution >= 0.6 is 35.0 Å². The number of carbonyl (C=O) groups excluding carboxylic acids is 2. The maximum Gasteiger partial charge on any atom is 0.416 e. The van der Waals surface area contributed by atoms with E-state index in [9.17, 15) is 22.8 Å². The number of carbonyl (C=O) groups is 2. The number of para-hydroxylation sites is 1. The van der Waals surface area contributed by atoms with Gasteiger partial charge < -0.3 is 4.90 Å². The van der Waals surface area contributed by atoms with Crippen LogP contribution in [0.2, 0.25) is 10.0 Å². The molecule has 4 nitrogen and oxygen atoms in total. The average Bonchev–Trinajstić information content (AvgIpc) is 3.26. The van der Waals surface area contributed by atoms with E-state index >= 15 is 0 Å². The molecule has 1 spiro atoms. The SMILES string of the molecule is O=C1CSC2(C(=O)N(Cc3cccc(C(F)(F)F)c3)c3ccccc32)N1c1ccc(Cl)c(Cl)c1. The van der Waals surface area contributed by atoms with Crippen LogP contribution in [0.5, 0.6) is 0 Å². The summed E-state index contributed by atoms with van der Waals surface area (Å²) in [5, 5.41) is 0.543. The van der Waals surface area contributed by atoms with Gasteiger partial charge in [0.1, 0.15) is 0 Å². The molecule has 2 heterocycles. The number of alkyl halides is 3. The molecular weight excluding hydrogens is 508 g/mol. The summed E-state index contributed by atoms with van der Waals surface area (Å²) >= 11 is 13.4. The van der Waals surface area contributed by atoms with Gasteiger partial charge in [-0.3, -0.25) is 14.5 Å². The van der Waals surface area contributed by atoms with E-state index in [4.69, 9.17) is 23.2 Å². The Labute approximate surface area is 207 Å². The standard InChI is InChI=1S/C24H15Cl2F3N2O2S/c25-18-9-8-16(11-19(18)26)31-21(32)13-34-23(31)17-6-1-2-7-20(17)30(22(23)33)12-14-4-3-5-15(10-14)24(27,28)29/h1-11H,12-13H2. The Bertz CT molecular complexity index is 1330. The topological polar surface area (TPSA) is 40.6 Å². The zero-order chi connectivity index (χ0) is 24.3.